The van der Waals surface area contributed by atoms with Crippen molar-refractivity contribution in [1.29, 1.82) is 0 Å². The lowest BCUT2D eigenvalue weighted by Crippen LogP contribution is -2.38. The van der Waals surface area contributed by atoms with E-state index in [1.807, 2.05) is 6.92 Å². The van der Waals surface area contributed by atoms with Crippen molar-refractivity contribution in [2.24, 2.45) is 5.92 Å². The topological polar surface area (TPSA) is 55.2 Å². The maximum Gasteiger partial charge on any atom is 0.278 e. The highest BCUT2D eigenvalue weighted by Gasteiger charge is 2.29. The summed E-state index contributed by atoms with van der Waals surface area (Å²) in [5.74, 6) is -0.304. The fourth-order valence-corrected chi connectivity index (χ4v) is 2.87. The Hall–Kier alpha value is -2.50. The Morgan fingerprint density at radius 3 is 2.72 bits per heavy atom. The molecule has 6 heteroatoms. The number of carbonyl (C=O) groups excluding carboxylic acids is 1. The number of hydrogen-bond acceptors (Lipinski definition) is 3. The number of rotatable bonds is 6. The molecule has 1 aromatic heterocycles. The molecule has 2 aromatic rings. The zero-order valence-corrected chi connectivity index (χ0v) is 14.5. The Morgan fingerprint density at radius 2 is 2.08 bits per heavy atom. The smallest absolute Gasteiger partial charge is 0.278 e. The predicted molar refractivity (Wildman–Crippen MR) is 93.4 cm³/mol. The zero-order valence-electron chi connectivity index (χ0n) is 14.5. The summed E-state index contributed by atoms with van der Waals surface area (Å²) in [4.78, 5) is 26.9. The number of hydrogen-bond donors (Lipinski definition) is 0. The van der Waals surface area contributed by atoms with Gasteiger partial charge in [-0.15, -0.1) is 0 Å². The summed E-state index contributed by atoms with van der Waals surface area (Å²) in [7, 11) is 0. The molecule has 1 aliphatic carbocycles. The molecule has 1 amide bonds. The number of halogens is 1. The second kappa shape index (κ2) is 7.17. The van der Waals surface area contributed by atoms with Crippen molar-refractivity contribution in [3.8, 4) is 5.69 Å². The van der Waals surface area contributed by atoms with Crippen LogP contribution in [0.2, 0.25) is 0 Å². The van der Waals surface area contributed by atoms with Crippen molar-refractivity contribution in [3.05, 3.63) is 57.8 Å². The molecule has 1 heterocycles. The van der Waals surface area contributed by atoms with E-state index in [0.29, 0.717) is 24.7 Å². The molecule has 132 valence electrons. The van der Waals surface area contributed by atoms with Gasteiger partial charge in [0, 0.05) is 24.8 Å². The average molecular weight is 343 g/mol. The van der Waals surface area contributed by atoms with Crippen LogP contribution in [-0.2, 0) is 0 Å². The summed E-state index contributed by atoms with van der Waals surface area (Å²) in [6.07, 6.45) is 3.05. The van der Waals surface area contributed by atoms with E-state index in [1.165, 1.54) is 16.8 Å². The van der Waals surface area contributed by atoms with Crippen LogP contribution in [0.5, 0.6) is 0 Å². The van der Waals surface area contributed by atoms with Gasteiger partial charge in [-0.05, 0) is 44.2 Å². The van der Waals surface area contributed by atoms with Crippen molar-refractivity contribution in [1.82, 2.24) is 14.7 Å². The fourth-order valence-electron chi connectivity index (χ4n) is 2.87. The Kier molecular flexibility index (Phi) is 4.97. The summed E-state index contributed by atoms with van der Waals surface area (Å²) < 4.78 is 15.4. The Labute approximate surface area is 146 Å². The van der Waals surface area contributed by atoms with E-state index in [0.717, 1.165) is 19.3 Å². The van der Waals surface area contributed by atoms with Crippen LogP contribution in [0.3, 0.4) is 0 Å². The number of nitrogens with zero attached hydrogens (tertiary/aromatic N) is 3. The summed E-state index contributed by atoms with van der Waals surface area (Å²) in [5, 5.41) is 4.21. The monoisotopic (exact) mass is 343 g/mol. The normalized spacial score (nSPS) is 13.7. The molecule has 25 heavy (non-hydrogen) atoms. The Bertz CT molecular complexity index is 843. The lowest BCUT2D eigenvalue weighted by Gasteiger charge is -2.22. The summed E-state index contributed by atoms with van der Waals surface area (Å²) >= 11 is 0. The third-order valence-corrected chi connectivity index (χ3v) is 4.35. The van der Waals surface area contributed by atoms with Crippen LogP contribution < -0.4 is 5.43 Å². The molecule has 5 nitrogen and oxygen atoms in total. The highest BCUT2D eigenvalue weighted by molar-refractivity contribution is 5.92. The minimum absolute atomic E-state index is 0.150. The number of para-hydroxylation sites is 1. The number of benzene rings is 1. The van der Waals surface area contributed by atoms with Gasteiger partial charge in [-0.2, -0.15) is 5.10 Å². The molecule has 0 N–H and O–H groups in total. The van der Waals surface area contributed by atoms with Gasteiger partial charge in [0.25, 0.3) is 5.91 Å². The van der Waals surface area contributed by atoms with Crippen molar-refractivity contribution < 1.29 is 9.18 Å². The van der Waals surface area contributed by atoms with E-state index >= 15 is 0 Å². The molecular formula is C19H22FN3O2. The van der Waals surface area contributed by atoms with Crippen molar-refractivity contribution in [2.45, 2.75) is 33.1 Å². The van der Waals surface area contributed by atoms with Gasteiger partial charge < -0.3 is 4.90 Å². The molecule has 0 aliphatic heterocycles. The third kappa shape index (κ3) is 3.78. The van der Waals surface area contributed by atoms with Crippen LogP contribution in [0.1, 0.15) is 42.4 Å². The first-order chi connectivity index (χ1) is 12.0. The van der Waals surface area contributed by atoms with Crippen LogP contribution in [0.25, 0.3) is 5.69 Å². The predicted octanol–water partition coefficient (Wildman–Crippen LogP) is 2.94. The van der Waals surface area contributed by atoms with E-state index in [4.69, 9.17) is 0 Å². The molecule has 0 unspecified atom stereocenters. The van der Waals surface area contributed by atoms with Gasteiger partial charge in [0.2, 0.25) is 5.43 Å². The molecule has 0 saturated heterocycles. The zero-order chi connectivity index (χ0) is 18.0. The van der Waals surface area contributed by atoms with Gasteiger partial charge in [0.15, 0.2) is 5.69 Å². The largest absolute Gasteiger partial charge is 0.337 e. The van der Waals surface area contributed by atoms with Crippen LogP contribution in [0.15, 0.2) is 35.1 Å². The molecule has 1 saturated carbocycles. The summed E-state index contributed by atoms with van der Waals surface area (Å²) in [5.41, 5.74) is 0.129. The van der Waals surface area contributed by atoms with Crippen molar-refractivity contribution >= 4 is 5.91 Å². The van der Waals surface area contributed by atoms with Gasteiger partial charge in [0.05, 0.1) is 0 Å². The highest BCUT2D eigenvalue weighted by Crippen LogP contribution is 2.30. The summed E-state index contributed by atoms with van der Waals surface area (Å²) in [6.45, 7) is 4.90. The summed E-state index contributed by atoms with van der Waals surface area (Å²) in [6, 6.07) is 7.51. The lowest BCUT2D eigenvalue weighted by atomic mass is 10.2. The van der Waals surface area contributed by atoms with E-state index < -0.39 is 11.2 Å². The third-order valence-electron chi connectivity index (χ3n) is 4.35. The number of aromatic nitrogens is 2. The second-order valence-corrected chi connectivity index (χ2v) is 6.56. The molecule has 1 aliphatic rings. The lowest BCUT2D eigenvalue weighted by molar-refractivity contribution is 0.0738. The van der Waals surface area contributed by atoms with Gasteiger partial charge in [-0.25, -0.2) is 9.07 Å². The number of amides is 1. The molecular weight excluding hydrogens is 321 g/mol. The van der Waals surface area contributed by atoms with E-state index in [1.54, 1.807) is 30.0 Å². The van der Waals surface area contributed by atoms with Crippen LogP contribution in [0, 0.1) is 18.7 Å². The van der Waals surface area contributed by atoms with Gasteiger partial charge in [0.1, 0.15) is 11.5 Å². The minimum atomic E-state index is -0.455. The number of aryl methyl sites for hydroxylation is 1. The molecule has 3 rings (SSSR count). The molecule has 0 radical (unpaired) electrons. The first kappa shape index (κ1) is 17.3. The number of carbonyl (C=O) groups is 1. The van der Waals surface area contributed by atoms with Crippen LogP contribution in [0.4, 0.5) is 4.39 Å². The Balaban J connectivity index is 2.00. The van der Waals surface area contributed by atoms with Crippen LogP contribution >= 0.6 is 0 Å². The fraction of sp³-hybridized carbons (Fsp3) is 0.421. The van der Waals surface area contributed by atoms with Crippen molar-refractivity contribution in [3.63, 3.8) is 0 Å². The highest BCUT2D eigenvalue weighted by atomic mass is 19.1. The standard InChI is InChI=1S/C19H22FN3O2/c1-3-10-22(12-14-8-9-14)19(25)18-17(24)11-13(2)23(21-18)16-7-5-4-6-15(16)20/h4-7,11,14H,3,8-10,12H2,1-2H3. The van der Waals surface area contributed by atoms with Gasteiger partial charge in [-0.3, -0.25) is 9.59 Å². The minimum Gasteiger partial charge on any atom is -0.337 e. The maximum absolute atomic E-state index is 14.1. The molecule has 0 atom stereocenters. The van der Waals surface area contributed by atoms with Crippen LogP contribution in [-0.4, -0.2) is 33.7 Å². The van der Waals surface area contributed by atoms with E-state index in [-0.39, 0.29) is 17.3 Å². The van der Waals surface area contributed by atoms with Gasteiger partial charge >= 0.3 is 0 Å². The molecule has 1 fully saturated rings. The van der Waals surface area contributed by atoms with Gasteiger partial charge in [-0.1, -0.05) is 19.1 Å². The second-order valence-electron chi connectivity index (χ2n) is 6.56. The maximum atomic E-state index is 14.1. The van der Waals surface area contributed by atoms with E-state index in [9.17, 15) is 14.0 Å². The quantitative estimate of drug-likeness (QED) is 0.810. The SMILES string of the molecule is CCCN(CC1CC1)C(=O)c1nn(-c2ccccc2F)c(C)cc1=O. The first-order valence-electron chi connectivity index (χ1n) is 8.66. The Morgan fingerprint density at radius 1 is 1.36 bits per heavy atom. The average Bonchev–Trinajstić information content (AvgIpc) is 3.39. The van der Waals surface area contributed by atoms with Crippen molar-refractivity contribution in [2.75, 3.05) is 13.1 Å². The molecule has 1 aromatic carbocycles. The first-order valence-corrected chi connectivity index (χ1v) is 8.66. The molecule has 0 bridgehead atoms. The molecule has 0 spiro atoms. The van der Waals surface area contributed by atoms with E-state index in [2.05, 4.69) is 5.10 Å².